The van der Waals surface area contributed by atoms with Crippen LogP contribution in [0.15, 0.2) is 12.7 Å². The molecule has 0 aliphatic carbocycles. The van der Waals surface area contributed by atoms with E-state index < -0.39 is 0 Å². The first-order valence-electron chi connectivity index (χ1n) is 5.00. The van der Waals surface area contributed by atoms with E-state index in [1.54, 1.807) is 0 Å². The molecule has 0 aromatic heterocycles. The molecule has 1 heterocycles. The van der Waals surface area contributed by atoms with E-state index in [4.69, 9.17) is 0 Å². The van der Waals surface area contributed by atoms with Crippen LogP contribution in [0.1, 0.15) is 27.2 Å². The zero-order valence-corrected chi connectivity index (χ0v) is 8.59. The fourth-order valence-corrected chi connectivity index (χ4v) is 2.24. The van der Waals surface area contributed by atoms with Gasteiger partial charge in [-0.05, 0) is 25.2 Å². The van der Waals surface area contributed by atoms with E-state index in [1.807, 2.05) is 6.08 Å². The van der Waals surface area contributed by atoms with Gasteiger partial charge in [0.1, 0.15) is 0 Å². The van der Waals surface area contributed by atoms with Gasteiger partial charge in [-0.2, -0.15) is 0 Å². The normalized spacial score (nSPS) is 38.1. The zero-order chi connectivity index (χ0) is 9.14. The molecular formula is C11H21N. The predicted octanol–water partition coefficient (Wildman–Crippen LogP) is 2.54. The van der Waals surface area contributed by atoms with Crippen LogP contribution in [0.4, 0.5) is 0 Å². The highest BCUT2D eigenvalue weighted by Crippen LogP contribution is 2.26. The van der Waals surface area contributed by atoms with Crippen molar-refractivity contribution < 1.29 is 0 Å². The summed E-state index contributed by atoms with van der Waals surface area (Å²) in [5.41, 5.74) is 0. The molecule has 0 radical (unpaired) electrons. The molecule has 1 rings (SSSR count). The van der Waals surface area contributed by atoms with E-state index in [0.717, 1.165) is 24.4 Å². The average Bonchev–Trinajstić information content (AvgIpc) is 2.00. The molecule has 0 amide bonds. The number of likely N-dealkylation sites (tertiary alicyclic amines) is 1. The van der Waals surface area contributed by atoms with E-state index >= 15 is 0 Å². The van der Waals surface area contributed by atoms with Crippen LogP contribution < -0.4 is 0 Å². The topological polar surface area (TPSA) is 3.24 Å². The van der Waals surface area contributed by atoms with Crippen LogP contribution >= 0.6 is 0 Å². The van der Waals surface area contributed by atoms with Gasteiger partial charge in [-0.15, -0.1) is 6.58 Å². The SMILES string of the molecule is C=CCN1CC(C)CC(C)C1C. The largest absolute Gasteiger partial charge is 0.296 e. The van der Waals surface area contributed by atoms with Gasteiger partial charge in [-0.1, -0.05) is 19.9 Å². The van der Waals surface area contributed by atoms with E-state index in [2.05, 4.69) is 32.3 Å². The second kappa shape index (κ2) is 4.08. The third-order valence-electron chi connectivity index (χ3n) is 3.08. The number of nitrogens with zero attached hydrogens (tertiary/aromatic N) is 1. The molecule has 1 aliphatic rings. The lowest BCUT2D eigenvalue weighted by Gasteiger charge is -2.40. The fourth-order valence-electron chi connectivity index (χ4n) is 2.24. The van der Waals surface area contributed by atoms with Crippen LogP contribution in [0.2, 0.25) is 0 Å². The van der Waals surface area contributed by atoms with Crippen LogP contribution in [-0.4, -0.2) is 24.0 Å². The molecule has 0 bridgehead atoms. The number of hydrogen-bond donors (Lipinski definition) is 0. The summed E-state index contributed by atoms with van der Waals surface area (Å²) >= 11 is 0. The molecule has 1 heteroatoms. The van der Waals surface area contributed by atoms with Crippen LogP contribution in [0, 0.1) is 11.8 Å². The molecule has 12 heavy (non-hydrogen) atoms. The average molecular weight is 167 g/mol. The summed E-state index contributed by atoms with van der Waals surface area (Å²) in [5.74, 6) is 1.70. The van der Waals surface area contributed by atoms with Gasteiger partial charge in [0.2, 0.25) is 0 Å². The Labute approximate surface area is 76.5 Å². The lowest BCUT2D eigenvalue weighted by molar-refractivity contribution is 0.0916. The van der Waals surface area contributed by atoms with Crippen molar-refractivity contribution in [1.82, 2.24) is 4.90 Å². The molecule has 1 nitrogen and oxygen atoms in total. The first kappa shape index (κ1) is 9.79. The third kappa shape index (κ3) is 2.10. The van der Waals surface area contributed by atoms with Crippen LogP contribution in [0.5, 0.6) is 0 Å². The van der Waals surface area contributed by atoms with Crippen molar-refractivity contribution in [2.45, 2.75) is 33.2 Å². The van der Waals surface area contributed by atoms with E-state index in [-0.39, 0.29) is 0 Å². The molecule has 1 aliphatic heterocycles. The first-order valence-corrected chi connectivity index (χ1v) is 5.00. The smallest absolute Gasteiger partial charge is 0.0163 e. The minimum absolute atomic E-state index is 0.735. The van der Waals surface area contributed by atoms with Gasteiger partial charge >= 0.3 is 0 Å². The van der Waals surface area contributed by atoms with Crippen molar-refractivity contribution in [3.05, 3.63) is 12.7 Å². The summed E-state index contributed by atoms with van der Waals surface area (Å²) in [5, 5.41) is 0. The summed E-state index contributed by atoms with van der Waals surface area (Å²) < 4.78 is 0. The van der Waals surface area contributed by atoms with Crippen LogP contribution in [0.3, 0.4) is 0 Å². The Morgan fingerprint density at radius 2 is 2.08 bits per heavy atom. The van der Waals surface area contributed by atoms with Crippen molar-refractivity contribution in [3.63, 3.8) is 0 Å². The lowest BCUT2D eigenvalue weighted by atomic mass is 9.86. The van der Waals surface area contributed by atoms with Gasteiger partial charge in [0.25, 0.3) is 0 Å². The molecule has 1 saturated heterocycles. The summed E-state index contributed by atoms with van der Waals surface area (Å²) in [6.45, 7) is 13.1. The number of rotatable bonds is 2. The van der Waals surface area contributed by atoms with E-state index in [0.29, 0.717) is 0 Å². The molecule has 0 saturated carbocycles. The third-order valence-corrected chi connectivity index (χ3v) is 3.08. The summed E-state index contributed by atoms with van der Waals surface area (Å²) in [6.07, 6.45) is 3.40. The Balaban J connectivity index is 2.53. The van der Waals surface area contributed by atoms with Gasteiger partial charge in [0.15, 0.2) is 0 Å². The fraction of sp³-hybridized carbons (Fsp3) is 0.818. The Morgan fingerprint density at radius 1 is 1.42 bits per heavy atom. The summed E-state index contributed by atoms with van der Waals surface area (Å²) in [4.78, 5) is 2.53. The van der Waals surface area contributed by atoms with E-state index in [1.165, 1.54) is 13.0 Å². The van der Waals surface area contributed by atoms with Crippen molar-refractivity contribution in [1.29, 1.82) is 0 Å². The van der Waals surface area contributed by atoms with Crippen molar-refractivity contribution >= 4 is 0 Å². The minimum atomic E-state index is 0.735. The highest BCUT2D eigenvalue weighted by Gasteiger charge is 2.27. The quantitative estimate of drug-likeness (QED) is 0.571. The lowest BCUT2D eigenvalue weighted by Crippen LogP contribution is -2.45. The minimum Gasteiger partial charge on any atom is -0.296 e. The zero-order valence-electron chi connectivity index (χ0n) is 8.59. The number of hydrogen-bond acceptors (Lipinski definition) is 1. The second-order valence-corrected chi connectivity index (χ2v) is 4.30. The molecule has 0 N–H and O–H groups in total. The molecule has 3 unspecified atom stereocenters. The van der Waals surface area contributed by atoms with Crippen molar-refractivity contribution in [3.8, 4) is 0 Å². The molecule has 70 valence electrons. The molecule has 1 fully saturated rings. The van der Waals surface area contributed by atoms with Crippen molar-refractivity contribution in [2.24, 2.45) is 11.8 Å². The molecular weight excluding hydrogens is 146 g/mol. The van der Waals surface area contributed by atoms with Crippen LogP contribution in [-0.2, 0) is 0 Å². The predicted molar refractivity (Wildman–Crippen MR) is 54.2 cm³/mol. The van der Waals surface area contributed by atoms with Gasteiger partial charge in [0.05, 0.1) is 0 Å². The van der Waals surface area contributed by atoms with Crippen LogP contribution in [0.25, 0.3) is 0 Å². The van der Waals surface area contributed by atoms with Gasteiger partial charge in [-0.25, -0.2) is 0 Å². The summed E-state index contributed by atoms with van der Waals surface area (Å²) in [7, 11) is 0. The van der Waals surface area contributed by atoms with Crippen molar-refractivity contribution in [2.75, 3.05) is 13.1 Å². The molecule has 3 atom stereocenters. The molecule has 0 aromatic rings. The van der Waals surface area contributed by atoms with Gasteiger partial charge < -0.3 is 0 Å². The highest BCUT2D eigenvalue weighted by molar-refractivity contribution is 4.85. The van der Waals surface area contributed by atoms with Gasteiger partial charge in [0, 0.05) is 19.1 Å². The van der Waals surface area contributed by atoms with Gasteiger partial charge in [-0.3, -0.25) is 4.90 Å². The molecule has 0 aromatic carbocycles. The second-order valence-electron chi connectivity index (χ2n) is 4.30. The Kier molecular flexibility index (Phi) is 3.33. The maximum atomic E-state index is 3.80. The highest BCUT2D eigenvalue weighted by atomic mass is 15.2. The Bertz CT molecular complexity index is 153. The Morgan fingerprint density at radius 3 is 2.67 bits per heavy atom. The Hall–Kier alpha value is -0.300. The monoisotopic (exact) mass is 167 g/mol. The maximum absolute atomic E-state index is 3.80. The number of piperidine rings is 1. The molecule has 0 spiro atoms. The standard InChI is InChI=1S/C11H21N/c1-5-6-12-8-9(2)7-10(3)11(12)4/h5,9-11H,1,6-8H2,2-4H3. The maximum Gasteiger partial charge on any atom is 0.0163 e. The van der Waals surface area contributed by atoms with E-state index in [9.17, 15) is 0 Å². The first-order chi connectivity index (χ1) is 5.65. The summed E-state index contributed by atoms with van der Waals surface area (Å²) in [6, 6.07) is 0.735.